The summed E-state index contributed by atoms with van der Waals surface area (Å²) in [5.41, 5.74) is 0. The van der Waals surface area contributed by atoms with Gasteiger partial charge in [-0.05, 0) is 36.4 Å². The van der Waals surface area contributed by atoms with Crippen molar-refractivity contribution >= 4 is 21.4 Å². The standard InChI is InChI=1S/C12H9Cl2O2S/c13-9-1-5-11(6-2-9)17(15,16)12-7-3-10(14)4-8-12/h1-8,13H/q+1. The van der Waals surface area contributed by atoms with Crippen LogP contribution in [0.2, 0.25) is 10.0 Å². The van der Waals surface area contributed by atoms with Gasteiger partial charge in [-0.25, -0.2) is 8.42 Å². The molecule has 0 amide bonds. The van der Waals surface area contributed by atoms with Crippen LogP contribution in [0.4, 0.5) is 0 Å². The second-order valence-electron chi connectivity index (χ2n) is 3.43. The van der Waals surface area contributed by atoms with E-state index in [4.69, 9.17) is 23.2 Å². The quantitative estimate of drug-likeness (QED) is 0.851. The molecule has 0 radical (unpaired) electrons. The Balaban J connectivity index is 2.50. The van der Waals surface area contributed by atoms with Crippen molar-refractivity contribution < 1.29 is 20.0 Å². The van der Waals surface area contributed by atoms with Gasteiger partial charge in [-0.3, -0.25) is 0 Å². The van der Waals surface area contributed by atoms with E-state index in [1.165, 1.54) is 24.3 Å². The lowest BCUT2D eigenvalue weighted by Crippen LogP contribution is -2.01. The summed E-state index contributed by atoms with van der Waals surface area (Å²) in [4.78, 5) is 0.451. The molecule has 0 aliphatic rings. The van der Waals surface area contributed by atoms with E-state index in [2.05, 4.69) is 0 Å². The molecule has 17 heavy (non-hydrogen) atoms. The molecule has 0 aromatic heterocycles. The van der Waals surface area contributed by atoms with Gasteiger partial charge < -0.3 is 0 Å². The van der Waals surface area contributed by atoms with Crippen LogP contribution in [0.5, 0.6) is 0 Å². The average Bonchev–Trinajstić information content (AvgIpc) is 2.30. The number of sulfone groups is 1. The Morgan fingerprint density at radius 3 is 1.71 bits per heavy atom. The van der Waals surface area contributed by atoms with Crippen molar-refractivity contribution in [3.63, 3.8) is 0 Å². The molecular formula is C12H9Cl2O2S+. The Bertz CT molecular complexity index is 565. The molecule has 2 aromatic rings. The second kappa shape index (κ2) is 4.69. The number of benzene rings is 2. The Hall–Kier alpha value is -1.03. The summed E-state index contributed by atoms with van der Waals surface area (Å²) in [6.45, 7) is 0. The first-order chi connectivity index (χ1) is 8.00. The fourth-order valence-electron chi connectivity index (χ4n) is 1.37. The lowest BCUT2D eigenvalue weighted by atomic mass is 10.4. The van der Waals surface area contributed by atoms with Crippen molar-refractivity contribution in [3.05, 3.63) is 58.6 Å². The highest BCUT2D eigenvalue weighted by molar-refractivity contribution is 7.91. The summed E-state index contributed by atoms with van der Waals surface area (Å²) in [5, 5.41) is 1.12. The fourth-order valence-corrected chi connectivity index (χ4v) is 2.89. The predicted octanol–water partition coefficient (Wildman–Crippen LogP) is 2.87. The average molecular weight is 288 g/mol. The smallest absolute Gasteiger partial charge is 0.219 e. The highest BCUT2D eigenvalue weighted by Crippen LogP contribution is 2.22. The van der Waals surface area contributed by atoms with Crippen LogP contribution in [-0.4, -0.2) is 8.42 Å². The van der Waals surface area contributed by atoms with Crippen molar-refractivity contribution in [2.45, 2.75) is 9.79 Å². The van der Waals surface area contributed by atoms with Gasteiger partial charge in [-0.2, -0.15) is 0 Å². The van der Waals surface area contributed by atoms with Gasteiger partial charge in [0.1, 0.15) is 0 Å². The summed E-state index contributed by atoms with van der Waals surface area (Å²) < 4.78 is 24.4. The molecule has 2 rings (SSSR count). The van der Waals surface area contributed by atoms with Gasteiger partial charge in [0.15, 0.2) is 11.6 Å². The van der Waals surface area contributed by atoms with Crippen LogP contribution < -0.4 is 0 Å². The van der Waals surface area contributed by atoms with Gasteiger partial charge in [0.05, 0.1) is 9.79 Å². The van der Waals surface area contributed by atoms with E-state index >= 15 is 0 Å². The maximum Gasteiger partial charge on any atom is 0.225 e. The Labute approximate surface area is 110 Å². The minimum atomic E-state index is -3.48. The SMILES string of the molecule is O=S(=O)(c1ccc(Cl)cc1)c1ccc([ClH+])cc1. The van der Waals surface area contributed by atoms with Crippen molar-refractivity contribution in [2.75, 3.05) is 0 Å². The third-order valence-corrected chi connectivity index (χ3v) is 4.57. The van der Waals surface area contributed by atoms with Crippen LogP contribution in [0.3, 0.4) is 0 Å². The van der Waals surface area contributed by atoms with Crippen LogP contribution in [0.1, 0.15) is 0 Å². The summed E-state index contributed by atoms with van der Waals surface area (Å²) in [7, 11) is -3.48. The fraction of sp³-hybridized carbons (Fsp3) is 0. The first-order valence-corrected chi connectivity index (χ1v) is 7.05. The summed E-state index contributed by atoms with van der Waals surface area (Å²) in [6.07, 6.45) is 0. The summed E-state index contributed by atoms with van der Waals surface area (Å²) in [6, 6.07) is 12.3. The van der Waals surface area contributed by atoms with E-state index in [1.807, 2.05) is 0 Å². The first-order valence-electron chi connectivity index (χ1n) is 4.78. The molecule has 5 heteroatoms. The summed E-state index contributed by atoms with van der Waals surface area (Å²) in [5.74, 6) is 0. The van der Waals surface area contributed by atoms with Crippen LogP contribution in [0.25, 0.3) is 0 Å². The van der Waals surface area contributed by atoms with E-state index in [1.54, 1.807) is 24.3 Å². The van der Waals surface area contributed by atoms with Gasteiger partial charge >= 0.3 is 0 Å². The zero-order valence-corrected chi connectivity index (χ0v) is 11.0. The Kier molecular flexibility index (Phi) is 3.43. The Morgan fingerprint density at radius 1 is 0.824 bits per heavy atom. The molecule has 0 fully saturated rings. The second-order valence-corrected chi connectivity index (χ2v) is 6.29. The third kappa shape index (κ3) is 2.63. The van der Waals surface area contributed by atoms with Crippen LogP contribution in [-0.2, 0) is 9.84 Å². The number of halogens is 2. The molecule has 0 unspecified atom stereocenters. The molecule has 2 nitrogen and oxygen atoms in total. The zero-order valence-electron chi connectivity index (χ0n) is 8.63. The zero-order chi connectivity index (χ0) is 12.5. The number of hydrogen-bond acceptors (Lipinski definition) is 2. The highest BCUT2D eigenvalue weighted by atomic mass is 35.5. The maximum atomic E-state index is 12.2. The van der Waals surface area contributed by atoms with Crippen molar-refractivity contribution in [1.82, 2.24) is 0 Å². The summed E-state index contributed by atoms with van der Waals surface area (Å²) >= 11 is 10.6. The third-order valence-electron chi connectivity index (χ3n) is 2.26. The molecule has 0 saturated heterocycles. The monoisotopic (exact) mass is 287 g/mol. The molecule has 0 N–H and O–H groups in total. The molecule has 0 spiro atoms. The Morgan fingerprint density at radius 2 is 1.24 bits per heavy atom. The topological polar surface area (TPSA) is 34.1 Å². The minimum Gasteiger partial charge on any atom is -0.219 e. The minimum absolute atomic E-state index is 0.221. The molecule has 0 atom stereocenters. The van der Waals surface area contributed by atoms with Crippen molar-refractivity contribution in [2.24, 2.45) is 0 Å². The van der Waals surface area contributed by atoms with Gasteiger partial charge in [0.25, 0.3) is 0 Å². The van der Waals surface area contributed by atoms with E-state index in [9.17, 15) is 8.42 Å². The van der Waals surface area contributed by atoms with Crippen molar-refractivity contribution in [3.8, 4) is 0 Å². The van der Waals surface area contributed by atoms with E-state index in [0.29, 0.717) is 10.0 Å². The molecule has 0 aliphatic heterocycles. The predicted molar refractivity (Wildman–Crippen MR) is 63.9 cm³/mol. The lowest BCUT2D eigenvalue weighted by molar-refractivity contribution is -0.288. The number of hydrogen-bond donors (Lipinski definition) is 0. The molecule has 0 heterocycles. The lowest BCUT2D eigenvalue weighted by Gasteiger charge is -2.03. The molecule has 2 aromatic carbocycles. The van der Waals surface area contributed by atoms with E-state index in [-0.39, 0.29) is 9.79 Å². The molecular weight excluding hydrogens is 279 g/mol. The van der Waals surface area contributed by atoms with E-state index < -0.39 is 9.84 Å². The van der Waals surface area contributed by atoms with E-state index in [0.717, 1.165) is 0 Å². The normalized spacial score (nSPS) is 11.4. The van der Waals surface area contributed by atoms with Crippen LogP contribution in [0.15, 0.2) is 58.3 Å². The molecule has 0 bridgehead atoms. The van der Waals surface area contributed by atoms with Gasteiger partial charge in [0.2, 0.25) is 14.9 Å². The van der Waals surface area contributed by atoms with Gasteiger partial charge in [-0.1, -0.05) is 11.6 Å². The first kappa shape index (κ1) is 12.4. The molecule has 88 valence electrons. The van der Waals surface area contributed by atoms with Gasteiger partial charge in [0, 0.05) is 17.2 Å². The molecule has 0 saturated carbocycles. The van der Waals surface area contributed by atoms with Gasteiger partial charge in [-0.15, -0.1) is 0 Å². The van der Waals surface area contributed by atoms with Crippen LogP contribution >= 0.6 is 11.6 Å². The maximum absolute atomic E-state index is 12.2. The number of rotatable bonds is 2. The molecule has 0 aliphatic carbocycles. The van der Waals surface area contributed by atoms with Crippen molar-refractivity contribution in [1.29, 1.82) is 0 Å². The highest BCUT2D eigenvalue weighted by Gasteiger charge is 2.17. The largest absolute Gasteiger partial charge is 0.225 e. The van der Waals surface area contributed by atoms with Crippen LogP contribution in [0, 0.1) is 11.6 Å².